The van der Waals surface area contributed by atoms with Crippen LogP contribution >= 0.6 is 0 Å². The minimum Gasteiger partial charge on any atom is -0.508 e. The van der Waals surface area contributed by atoms with E-state index in [4.69, 9.17) is 9.47 Å². The lowest BCUT2D eigenvalue weighted by Gasteiger charge is -2.35. The fraction of sp³-hybridized carbons (Fsp3) is 0.350. The van der Waals surface area contributed by atoms with Gasteiger partial charge in [0.1, 0.15) is 41.1 Å². The first-order valence-corrected chi connectivity index (χ1v) is 9.10. The van der Waals surface area contributed by atoms with E-state index in [0.29, 0.717) is 5.56 Å². The molecule has 10 heteroatoms. The van der Waals surface area contributed by atoms with Crippen LogP contribution in [-0.4, -0.2) is 72.7 Å². The number of benzene rings is 2. The van der Waals surface area contributed by atoms with Crippen LogP contribution < -0.4 is 4.74 Å². The molecule has 7 N–H and O–H groups in total. The van der Waals surface area contributed by atoms with Gasteiger partial charge in [0.2, 0.25) is 6.29 Å². The van der Waals surface area contributed by atoms with Crippen molar-refractivity contribution < 1.29 is 50.0 Å². The van der Waals surface area contributed by atoms with Crippen LogP contribution in [0.1, 0.15) is 22.3 Å². The summed E-state index contributed by atoms with van der Waals surface area (Å²) in [4.78, 5) is 12.7. The maximum absolute atomic E-state index is 12.7. The zero-order valence-electron chi connectivity index (χ0n) is 15.7. The van der Waals surface area contributed by atoms with Crippen molar-refractivity contribution in [2.24, 2.45) is 0 Å². The molecule has 1 aliphatic rings. The summed E-state index contributed by atoms with van der Waals surface area (Å²) in [6.45, 7) is -0.332. The van der Waals surface area contributed by atoms with Crippen molar-refractivity contribution in [2.45, 2.75) is 37.4 Å². The van der Waals surface area contributed by atoms with Crippen molar-refractivity contribution >= 4 is 5.78 Å². The Kier molecular flexibility index (Phi) is 6.32. The van der Waals surface area contributed by atoms with Crippen LogP contribution in [0.5, 0.6) is 28.7 Å². The second-order valence-electron chi connectivity index (χ2n) is 6.95. The number of aliphatic hydroxyl groups is 3. The van der Waals surface area contributed by atoms with Crippen LogP contribution in [0.3, 0.4) is 0 Å². The number of phenolic OH excluding ortho intramolecular Hbond substituents is 4. The summed E-state index contributed by atoms with van der Waals surface area (Å²) in [5.41, 5.74) is 0.287. The summed E-state index contributed by atoms with van der Waals surface area (Å²) in [6, 6.07) is 6.10. The van der Waals surface area contributed by atoms with E-state index in [1.54, 1.807) is 0 Å². The first kappa shape index (κ1) is 21.7. The van der Waals surface area contributed by atoms with Crippen molar-refractivity contribution in [2.75, 3.05) is 6.61 Å². The molecule has 4 atom stereocenters. The number of aryl methyl sites for hydroxylation is 1. The Bertz CT molecular complexity index is 928. The van der Waals surface area contributed by atoms with Crippen molar-refractivity contribution in [3.63, 3.8) is 0 Å². The first-order valence-electron chi connectivity index (χ1n) is 9.10. The SMILES string of the molecule is O=C(CCc1ccc(O)c(O)c1)c1c(O)cc(O)cc1O[C@@H]1OC[C@@H](O)[C@H](O)[C@H]1O. The van der Waals surface area contributed by atoms with E-state index in [2.05, 4.69) is 0 Å². The summed E-state index contributed by atoms with van der Waals surface area (Å²) in [5.74, 6) is -2.45. The van der Waals surface area contributed by atoms with E-state index in [0.717, 1.165) is 12.1 Å². The zero-order chi connectivity index (χ0) is 22.0. The lowest BCUT2D eigenvalue weighted by molar-refractivity contribution is -0.242. The van der Waals surface area contributed by atoms with Gasteiger partial charge in [0.05, 0.1) is 6.61 Å². The number of rotatable bonds is 6. The Balaban J connectivity index is 1.80. The third kappa shape index (κ3) is 4.57. The van der Waals surface area contributed by atoms with Gasteiger partial charge < -0.3 is 45.2 Å². The van der Waals surface area contributed by atoms with Crippen LogP contribution in [0.4, 0.5) is 0 Å². The van der Waals surface area contributed by atoms with Gasteiger partial charge in [-0.2, -0.15) is 0 Å². The monoisotopic (exact) mass is 422 g/mol. The maximum atomic E-state index is 12.7. The van der Waals surface area contributed by atoms with E-state index in [1.165, 1.54) is 18.2 Å². The predicted molar refractivity (Wildman–Crippen MR) is 101 cm³/mol. The lowest BCUT2D eigenvalue weighted by Crippen LogP contribution is -2.54. The third-order valence-electron chi connectivity index (χ3n) is 4.72. The average molecular weight is 422 g/mol. The molecule has 0 spiro atoms. The molecular formula is C20H22O10. The number of carbonyl (C=O) groups is 1. The van der Waals surface area contributed by atoms with Crippen molar-refractivity contribution in [3.8, 4) is 28.7 Å². The van der Waals surface area contributed by atoms with Gasteiger partial charge in [0.15, 0.2) is 17.3 Å². The summed E-state index contributed by atoms with van der Waals surface area (Å²) in [5, 5.41) is 68.2. The van der Waals surface area contributed by atoms with Gasteiger partial charge in [-0.15, -0.1) is 0 Å². The standard InChI is InChI=1S/C20H22O10/c21-10-6-14(25)17(12(23)4-2-9-1-3-11(22)13(24)5-9)16(7-10)30-20-19(28)18(27)15(26)8-29-20/h1,3,5-7,15,18-22,24-28H,2,4,8H2/t15-,18+,19-,20+/m1/s1. The number of Topliss-reactive ketones (excluding diaryl/α,β-unsaturated/α-hetero) is 1. The number of ketones is 1. The van der Waals surface area contributed by atoms with Crippen LogP contribution in [0, 0.1) is 0 Å². The quantitative estimate of drug-likeness (QED) is 0.250. The number of hydrogen-bond donors (Lipinski definition) is 7. The minimum atomic E-state index is -1.64. The van der Waals surface area contributed by atoms with Crippen molar-refractivity contribution in [1.82, 2.24) is 0 Å². The summed E-state index contributed by atoms with van der Waals surface area (Å²) in [7, 11) is 0. The average Bonchev–Trinajstić information content (AvgIpc) is 2.68. The number of aromatic hydroxyl groups is 4. The molecule has 1 aliphatic heterocycles. The maximum Gasteiger partial charge on any atom is 0.228 e. The molecule has 0 radical (unpaired) electrons. The number of carbonyl (C=O) groups excluding carboxylic acids is 1. The summed E-state index contributed by atoms with van der Waals surface area (Å²) < 4.78 is 10.6. The van der Waals surface area contributed by atoms with E-state index in [-0.39, 0.29) is 42.3 Å². The highest BCUT2D eigenvalue weighted by atomic mass is 16.7. The molecule has 1 fully saturated rings. The van der Waals surface area contributed by atoms with Gasteiger partial charge in [-0.3, -0.25) is 4.79 Å². The van der Waals surface area contributed by atoms with Crippen LogP contribution in [0.25, 0.3) is 0 Å². The Morgan fingerprint density at radius 3 is 2.40 bits per heavy atom. The van der Waals surface area contributed by atoms with E-state index in [1.807, 2.05) is 0 Å². The fourth-order valence-electron chi connectivity index (χ4n) is 3.08. The topological polar surface area (TPSA) is 177 Å². The smallest absolute Gasteiger partial charge is 0.228 e. The number of ether oxygens (including phenoxy) is 2. The normalized spacial score (nSPS) is 23.8. The van der Waals surface area contributed by atoms with Gasteiger partial charge in [-0.05, 0) is 24.1 Å². The molecule has 1 heterocycles. The third-order valence-corrected chi connectivity index (χ3v) is 4.72. The lowest BCUT2D eigenvalue weighted by atomic mass is 10.0. The highest BCUT2D eigenvalue weighted by Gasteiger charge is 2.39. The highest BCUT2D eigenvalue weighted by Crippen LogP contribution is 2.36. The van der Waals surface area contributed by atoms with E-state index >= 15 is 0 Å². The Hall–Kier alpha value is -3.05. The van der Waals surface area contributed by atoms with Gasteiger partial charge >= 0.3 is 0 Å². The number of hydrogen-bond acceptors (Lipinski definition) is 10. The molecule has 0 unspecified atom stereocenters. The van der Waals surface area contributed by atoms with Gasteiger partial charge in [-0.25, -0.2) is 0 Å². The molecular weight excluding hydrogens is 400 g/mol. The summed E-state index contributed by atoms with van der Waals surface area (Å²) >= 11 is 0. The molecule has 2 aromatic rings. The molecule has 162 valence electrons. The fourth-order valence-corrected chi connectivity index (χ4v) is 3.08. The highest BCUT2D eigenvalue weighted by molar-refractivity contribution is 6.01. The minimum absolute atomic E-state index is 0.117. The van der Waals surface area contributed by atoms with Gasteiger partial charge in [-0.1, -0.05) is 6.07 Å². The largest absolute Gasteiger partial charge is 0.508 e. The molecule has 10 nitrogen and oxygen atoms in total. The Morgan fingerprint density at radius 2 is 1.70 bits per heavy atom. The molecule has 3 rings (SSSR count). The molecule has 2 aromatic carbocycles. The van der Waals surface area contributed by atoms with Crippen LogP contribution in [0.2, 0.25) is 0 Å². The van der Waals surface area contributed by atoms with Crippen LogP contribution in [-0.2, 0) is 11.2 Å². The molecule has 0 amide bonds. The van der Waals surface area contributed by atoms with Gasteiger partial charge in [0, 0.05) is 18.6 Å². The Morgan fingerprint density at radius 1 is 0.967 bits per heavy atom. The predicted octanol–water partition coefficient (Wildman–Crippen LogP) is 0.142. The zero-order valence-corrected chi connectivity index (χ0v) is 15.7. The number of aliphatic hydroxyl groups excluding tert-OH is 3. The van der Waals surface area contributed by atoms with Crippen molar-refractivity contribution in [1.29, 1.82) is 0 Å². The van der Waals surface area contributed by atoms with Gasteiger partial charge in [0.25, 0.3) is 0 Å². The molecule has 0 bridgehead atoms. The van der Waals surface area contributed by atoms with Crippen LogP contribution in [0.15, 0.2) is 30.3 Å². The molecule has 0 aromatic heterocycles. The molecule has 1 saturated heterocycles. The second-order valence-corrected chi connectivity index (χ2v) is 6.95. The van der Waals surface area contributed by atoms with Crippen molar-refractivity contribution in [3.05, 3.63) is 41.5 Å². The molecule has 30 heavy (non-hydrogen) atoms. The van der Waals surface area contributed by atoms with E-state index < -0.39 is 41.9 Å². The number of phenols is 4. The molecule has 0 aliphatic carbocycles. The second kappa shape index (κ2) is 8.76. The summed E-state index contributed by atoms with van der Waals surface area (Å²) in [6.07, 6.45) is -5.91. The Labute approximate surface area is 170 Å². The van der Waals surface area contributed by atoms with E-state index in [9.17, 15) is 40.5 Å². The first-order chi connectivity index (χ1) is 14.2. The molecule has 0 saturated carbocycles.